The van der Waals surface area contributed by atoms with Gasteiger partial charge < -0.3 is 13.6 Å². The van der Waals surface area contributed by atoms with Crippen LogP contribution >= 0.6 is 0 Å². The van der Waals surface area contributed by atoms with Gasteiger partial charge in [-0.1, -0.05) is 20.8 Å². The highest BCUT2D eigenvalue weighted by molar-refractivity contribution is 6.01. The van der Waals surface area contributed by atoms with Crippen molar-refractivity contribution in [2.24, 2.45) is 5.41 Å². The van der Waals surface area contributed by atoms with Gasteiger partial charge in [0.05, 0.1) is 5.60 Å². The molecule has 0 aromatic rings. The minimum atomic E-state index is -0.681. The Hall–Kier alpha value is 0.0238. The highest BCUT2D eigenvalue weighted by Gasteiger charge is 2.61. The molecule has 1 saturated carbocycles. The summed E-state index contributed by atoms with van der Waals surface area (Å²) in [6, 6.07) is 0. The Morgan fingerprint density at radius 1 is 1.20 bits per heavy atom. The first-order valence-corrected chi connectivity index (χ1v) is 7.09. The first-order chi connectivity index (χ1) is 6.89. The number of carbonyl (C=O) groups is 1. The third kappa shape index (κ3) is 1.65. The fourth-order valence-electron chi connectivity index (χ4n) is 3.07. The summed E-state index contributed by atoms with van der Waals surface area (Å²) >= 11 is 0. The summed E-state index contributed by atoms with van der Waals surface area (Å²) in [5, 5.41) is 0. The van der Waals surface area contributed by atoms with Crippen LogP contribution in [0.4, 0.5) is 0 Å². The van der Waals surface area contributed by atoms with Crippen molar-refractivity contribution in [3.8, 4) is 0 Å². The summed E-state index contributed by atoms with van der Waals surface area (Å²) in [5.74, 6) is 0. The number of hydrogen-bond acceptors (Lipinski definition) is 3. The maximum Gasteiger partial charge on any atom is 0.153 e. The molecule has 1 aliphatic carbocycles. The first-order valence-electron chi connectivity index (χ1n) is 5.46. The summed E-state index contributed by atoms with van der Waals surface area (Å²) in [6.45, 7) is 6.40. The monoisotopic (exact) mass is 246 g/mol. The molecule has 0 heterocycles. The van der Waals surface area contributed by atoms with Crippen molar-refractivity contribution >= 4 is 27.3 Å². The minimum absolute atomic E-state index is 0.0590. The SMILES string of the molecule is CC(C)(C)C1(O[SiH3])CCCC1(C=O)O[SiH3]. The fourth-order valence-corrected chi connectivity index (χ4v) is 4.87. The van der Waals surface area contributed by atoms with Gasteiger partial charge in [-0.15, -0.1) is 0 Å². The van der Waals surface area contributed by atoms with Crippen LogP contribution in [0.5, 0.6) is 0 Å². The van der Waals surface area contributed by atoms with E-state index in [1.54, 1.807) is 0 Å². The largest absolute Gasteiger partial charge is 0.419 e. The van der Waals surface area contributed by atoms with Crippen LogP contribution in [-0.4, -0.2) is 38.5 Å². The molecule has 0 N–H and O–H groups in total. The molecule has 1 rings (SSSR count). The highest BCUT2D eigenvalue weighted by Crippen LogP contribution is 2.52. The molecule has 0 amide bonds. The molecule has 0 aromatic heterocycles. The fraction of sp³-hybridized carbons (Fsp3) is 0.900. The van der Waals surface area contributed by atoms with E-state index < -0.39 is 11.2 Å². The van der Waals surface area contributed by atoms with Crippen molar-refractivity contribution in [3.63, 3.8) is 0 Å². The van der Waals surface area contributed by atoms with Crippen LogP contribution in [0, 0.1) is 5.41 Å². The van der Waals surface area contributed by atoms with Crippen LogP contribution < -0.4 is 0 Å². The van der Waals surface area contributed by atoms with Gasteiger partial charge in [0, 0.05) is 0 Å². The zero-order valence-corrected chi connectivity index (χ0v) is 14.4. The second-order valence-electron chi connectivity index (χ2n) is 5.35. The molecule has 2 unspecified atom stereocenters. The molecule has 15 heavy (non-hydrogen) atoms. The molecule has 0 spiro atoms. The zero-order chi connectivity index (χ0) is 11.7. The van der Waals surface area contributed by atoms with Gasteiger partial charge in [0.15, 0.2) is 6.29 Å². The van der Waals surface area contributed by atoms with Crippen LogP contribution in [0.1, 0.15) is 40.0 Å². The van der Waals surface area contributed by atoms with E-state index in [0.717, 1.165) is 25.5 Å². The summed E-state index contributed by atoms with van der Waals surface area (Å²) in [5.41, 5.74) is -1.15. The average Bonchev–Trinajstić information content (AvgIpc) is 2.56. The number of aldehydes is 1. The van der Waals surface area contributed by atoms with Crippen molar-refractivity contribution in [1.82, 2.24) is 0 Å². The molecule has 1 fully saturated rings. The molecule has 0 aliphatic heterocycles. The molecule has 0 radical (unpaired) electrons. The molecule has 0 saturated heterocycles. The van der Waals surface area contributed by atoms with E-state index in [4.69, 9.17) is 8.85 Å². The average molecular weight is 246 g/mol. The maximum absolute atomic E-state index is 11.4. The van der Waals surface area contributed by atoms with Crippen LogP contribution in [-0.2, 0) is 13.6 Å². The van der Waals surface area contributed by atoms with Gasteiger partial charge in [0.2, 0.25) is 0 Å². The smallest absolute Gasteiger partial charge is 0.153 e. The van der Waals surface area contributed by atoms with Gasteiger partial charge in [-0.05, 0) is 24.7 Å². The lowest BCUT2D eigenvalue weighted by Crippen LogP contribution is -2.61. The Balaban J connectivity index is 3.23. The predicted octanol–water partition coefficient (Wildman–Crippen LogP) is -0.513. The van der Waals surface area contributed by atoms with Crippen molar-refractivity contribution in [3.05, 3.63) is 0 Å². The van der Waals surface area contributed by atoms with E-state index in [9.17, 15) is 4.79 Å². The second-order valence-corrected chi connectivity index (χ2v) is 6.16. The molecular weight excluding hydrogens is 224 g/mol. The standard InChI is InChI=1S/C10H22O3Si2/c1-8(2,3)10(13-15)6-4-5-9(10,7-11)12-14/h7H,4-6H2,1-3,14-15H3. The lowest BCUT2D eigenvalue weighted by molar-refractivity contribution is -0.160. The molecule has 5 heteroatoms. The Bertz CT molecular complexity index is 252. The van der Waals surface area contributed by atoms with Crippen LogP contribution in [0.25, 0.3) is 0 Å². The lowest BCUT2D eigenvalue weighted by Gasteiger charge is -2.50. The van der Waals surface area contributed by atoms with Gasteiger partial charge >= 0.3 is 0 Å². The highest BCUT2D eigenvalue weighted by atomic mass is 28.2. The lowest BCUT2D eigenvalue weighted by atomic mass is 9.68. The minimum Gasteiger partial charge on any atom is -0.419 e. The second kappa shape index (κ2) is 4.12. The summed E-state index contributed by atoms with van der Waals surface area (Å²) in [6.07, 6.45) is 3.73. The van der Waals surface area contributed by atoms with Gasteiger partial charge in [0.1, 0.15) is 26.6 Å². The third-order valence-corrected chi connectivity index (χ3v) is 5.30. The van der Waals surface area contributed by atoms with Crippen molar-refractivity contribution in [2.45, 2.75) is 51.2 Å². The quantitative estimate of drug-likeness (QED) is 0.497. The van der Waals surface area contributed by atoms with Crippen LogP contribution in [0.3, 0.4) is 0 Å². The Morgan fingerprint density at radius 2 is 1.80 bits per heavy atom. The summed E-state index contributed by atoms with van der Waals surface area (Å²) in [7, 11) is 1.22. The van der Waals surface area contributed by atoms with Crippen molar-refractivity contribution < 1.29 is 13.6 Å². The maximum atomic E-state index is 11.4. The summed E-state index contributed by atoms with van der Waals surface area (Å²) in [4.78, 5) is 11.4. The zero-order valence-electron chi connectivity index (χ0n) is 10.4. The molecule has 2 atom stereocenters. The topological polar surface area (TPSA) is 35.5 Å². The Morgan fingerprint density at radius 3 is 2.07 bits per heavy atom. The van der Waals surface area contributed by atoms with E-state index in [1.165, 1.54) is 0 Å². The van der Waals surface area contributed by atoms with E-state index >= 15 is 0 Å². The van der Waals surface area contributed by atoms with E-state index in [2.05, 4.69) is 20.8 Å². The molecular formula is C10H22O3Si2. The number of carbonyl (C=O) groups excluding carboxylic acids is 1. The van der Waals surface area contributed by atoms with Gasteiger partial charge in [-0.3, -0.25) is 0 Å². The van der Waals surface area contributed by atoms with E-state index in [0.29, 0.717) is 21.0 Å². The number of rotatable bonds is 3. The molecule has 88 valence electrons. The molecule has 0 aromatic carbocycles. The van der Waals surface area contributed by atoms with Crippen molar-refractivity contribution in [2.75, 3.05) is 0 Å². The normalized spacial score (nSPS) is 37.3. The Labute approximate surface area is 98.0 Å². The van der Waals surface area contributed by atoms with E-state index in [1.807, 2.05) is 0 Å². The Kier molecular flexibility index (Phi) is 3.60. The molecule has 1 aliphatic rings. The third-order valence-electron chi connectivity index (χ3n) is 3.88. The molecule has 0 bridgehead atoms. The van der Waals surface area contributed by atoms with E-state index in [-0.39, 0.29) is 5.41 Å². The molecule has 3 nitrogen and oxygen atoms in total. The van der Waals surface area contributed by atoms with Crippen molar-refractivity contribution in [1.29, 1.82) is 0 Å². The van der Waals surface area contributed by atoms with Gasteiger partial charge in [-0.25, -0.2) is 0 Å². The van der Waals surface area contributed by atoms with Gasteiger partial charge in [-0.2, -0.15) is 0 Å². The number of hydrogen-bond donors (Lipinski definition) is 0. The van der Waals surface area contributed by atoms with Crippen LogP contribution in [0.15, 0.2) is 0 Å². The van der Waals surface area contributed by atoms with Crippen LogP contribution in [0.2, 0.25) is 0 Å². The summed E-state index contributed by atoms with van der Waals surface area (Å²) < 4.78 is 11.5. The first kappa shape index (κ1) is 13.1. The van der Waals surface area contributed by atoms with Gasteiger partial charge in [0.25, 0.3) is 0 Å². The predicted molar refractivity (Wildman–Crippen MR) is 66.9 cm³/mol.